The molecule has 2 heterocycles. The van der Waals surface area contributed by atoms with Crippen LogP contribution >= 0.6 is 0 Å². The molecular weight excluding hydrogens is 348 g/mol. The highest BCUT2D eigenvalue weighted by molar-refractivity contribution is 7.85. The molecule has 3 rings (SSSR count). The summed E-state index contributed by atoms with van der Waals surface area (Å²) in [4.78, 5) is 20.7. The molecule has 0 N–H and O–H groups in total. The van der Waals surface area contributed by atoms with E-state index in [-0.39, 0.29) is 5.41 Å². The first-order valence-electron chi connectivity index (χ1n) is 8.45. The van der Waals surface area contributed by atoms with Crippen molar-refractivity contribution < 1.29 is 13.7 Å². The quantitative estimate of drug-likeness (QED) is 0.602. The van der Waals surface area contributed by atoms with Gasteiger partial charge < -0.3 is 4.74 Å². The first-order valence-corrected chi connectivity index (χ1v) is 9.76. The number of hydrogen-bond donors (Lipinski definition) is 0. The summed E-state index contributed by atoms with van der Waals surface area (Å²) >= 11 is 0. The Balaban J connectivity index is 1.85. The van der Waals surface area contributed by atoms with Crippen molar-refractivity contribution in [2.45, 2.75) is 37.5 Å². The molecule has 0 aliphatic carbocycles. The van der Waals surface area contributed by atoms with Crippen LogP contribution in [0, 0.1) is 11.8 Å². The van der Waals surface area contributed by atoms with Gasteiger partial charge in [-0.1, -0.05) is 19.8 Å². The number of esters is 1. The predicted molar refractivity (Wildman–Crippen MR) is 99.3 cm³/mol. The molecule has 1 aliphatic rings. The summed E-state index contributed by atoms with van der Waals surface area (Å²) in [5, 5.41) is 0. The van der Waals surface area contributed by atoms with Gasteiger partial charge in [-0.3, -0.25) is 4.21 Å². The third-order valence-corrected chi connectivity index (χ3v) is 5.77. The Morgan fingerprint density at radius 3 is 2.69 bits per heavy atom. The maximum absolute atomic E-state index is 12.2. The summed E-state index contributed by atoms with van der Waals surface area (Å²) in [6.45, 7) is 6.38. The van der Waals surface area contributed by atoms with Crippen LogP contribution in [0.3, 0.4) is 0 Å². The van der Waals surface area contributed by atoms with Gasteiger partial charge >= 0.3 is 5.97 Å². The minimum Gasteiger partial charge on any atom is -0.462 e. The van der Waals surface area contributed by atoms with Gasteiger partial charge in [-0.15, -0.1) is 0 Å². The highest BCUT2D eigenvalue weighted by atomic mass is 32.2. The van der Waals surface area contributed by atoms with Gasteiger partial charge in [-0.25, -0.2) is 14.8 Å². The van der Waals surface area contributed by atoms with E-state index in [9.17, 15) is 9.00 Å². The van der Waals surface area contributed by atoms with Gasteiger partial charge in [-0.05, 0) is 48.4 Å². The van der Waals surface area contributed by atoms with Crippen LogP contribution in [0.4, 0.5) is 0 Å². The Morgan fingerprint density at radius 1 is 1.27 bits per heavy atom. The Hall–Kier alpha value is -2.52. The smallest absolute Gasteiger partial charge is 0.341 e. The molecule has 0 radical (unpaired) electrons. The molecule has 0 saturated heterocycles. The van der Waals surface area contributed by atoms with Crippen LogP contribution < -0.4 is 0 Å². The summed E-state index contributed by atoms with van der Waals surface area (Å²) in [6, 6.07) is 5.78. The average Bonchev–Trinajstić information content (AvgIpc) is 2.64. The molecule has 0 bridgehead atoms. The molecule has 5 nitrogen and oxygen atoms in total. The summed E-state index contributed by atoms with van der Waals surface area (Å²) in [7, 11) is -0.936. The third kappa shape index (κ3) is 3.83. The minimum absolute atomic E-state index is 0.0152. The number of fused-ring (bicyclic) bond motifs is 1. The van der Waals surface area contributed by atoms with Crippen molar-refractivity contribution in [3.63, 3.8) is 0 Å². The van der Waals surface area contributed by atoms with Gasteiger partial charge in [0.2, 0.25) is 5.82 Å². The largest absolute Gasteiger partial charge is 0.462 e. The van der Waals surface area contributed by atoms with Gasteiger partial charge in [0.15, 0.2) is 0 Å². The number of nitrogens with zero attached hydrogens (tertiary/aromatic N) is 2. The molecule has 0 spiro atoms. The predicted octanol–water partition coefficient (Wildman–Crippen LogP) is 2.84. The van der Waals surface area contributed by atoms with Crippen LogP contribution in [-0.2, 0) is 21.0 Å². The van der Waals surface area contributed by atoms with Crippen LogP contribution in [0.1, 0.15) is 54.5 Å². The third-order valence-electron chi connectivity index (χ3n) is 4.35. The normalized spacial score (nSPS) is 17.6. The van der Waals surface area contributed by atoms with E-state index in [1.54, 1.807) is 6.92 Å². The molecule has 6 heteroatoms. The van der Waals surface area contributed by atoms with Crippen molar-refractivity contribution >= 4 is 16.8 Å². The van der Waals surface area contributed by atoms with Gasteiger partial charge in [0.05, 0.1) is 23.0 Å². The van der Waals surface area contributed by atoms with E-state index in [4.69, 9.17) is 4.74 Å². The number of rotatable bonds is 2. The average molecular weight is 368 g/mol. The van der Waals surface area contributed by atoms with E-state index in [1.807, 2.05) is 18.2 Å². The number of ether oxygens (including phenoxy) is 1. The Bertz CT molecular complexity index is 924. The first kappa shape index (κ1) is 18.3. The summed E-state index contributed by atoms with van der Waals surface area (Å²) in [5.74, 6) is 6.54. The van der Waals surface area contributed by atoms with E-state index in [0.717, 1.165) is 22.4 Å². The molecule has 1 aromatic heterocycles. The number of carbonyl (C=O) groups excluding carboxylic acids is 1. The van der Waals surface area contributed by atoms with Gasteiger partial charge in [0, 0.05) is 28.6 Å². The lowest BCUT2D eigenvalue weighted by molar-refractivity contribution is 0.0525. The summed E-state index contributed by atoms with van der Waals surface area (Å²) in [6.07, 6.45) is 3.71. The minimum atomic E-state index is -0.936. The van der Waals surface area contributed by atoms with Crippen molar-refractivity contribution in [2.75, 3.05) is 12.4 Å². The van der Waals surface area contributed by atoms with Crippen LogP contribution in [0.15, 0.2) is 35.5 Å². The molecule has 134 valence electrons. The fourth-order valence-electron chi connectivity index (χ4n) is 2.77. The zero-order valence-corrected chi connectivity index (χ0v) is 15.9. The van der Waals surface area contributed by atoms with E-state index >= 15 is 0 Å². The molecule has 26 heavy (non-hydrogen) atoms. The zero-order valence-electron chi connectivity index (χ0n) is 15.0. The summed E-state index contributed by atoms with van der Waals surface area (Å²) in [5.41, 5.74) is 2.20. The van der Waals surface area contributed by atoms with E-state index in [0.29, 0.717) is 23.7 Å². The molecule has 0 unspecified atom stereocenters. The number of benzene rings is 1. The van der Waals surface area contributed by atoms with Gasteiger partial charge in [0.1, 0.15) is 0 Å². The molecule has 0 fully saturated rings. The highest BCUT2D eigenvalue weighted by Crippen LogP contribution is 2.37. The van der Waals surface area contributed by atoms with Crippen molar-refractivity contribution in [1.82, 2.24) is 9.97 Å². The molecule has 0 saturated carbocycles. The van der Waals surface area contributed by atoms with E-state index < -0.39 is 16.8 Å². The Morgan fingerprint density at radius 2 is 2.00 bits per heavy atom. The summed E-state index contributed by atoms with van der Waals surface area (Å²) < 4.78 is 17.1. The maximum Gasteiger partial charge on any atom is 0.341 e. The molecule has 1 aliphatic heterocycles. The van der Waals surface area contributed by atoms with Crippen molar-refractivity contribution in [1.29, 1.82) is 0 Å². The van der Waals surface area contributed by atoms with Crippen LogP contribution in [0.5, 0.6) is 0 Å². The van der Waals surface area contributed by atoms with E-state index in [1.165, 1.54) is 12.4 Å². The first-order chi connectivity index (χ1) is 12.4. The fourth-order valence-corrected chi connectivity index (χ4v) is 4.48. The zero-order chi connectivity index (χ0) is 18.7. The topological polar surface area (TPSA) is 69.2 Å². The molecule has 1 aromatic carbocycles. The SMILES string of the molecule is CCOC(=O)c1cnc(C#Cc2ccc3c(c2)C(C)(C)CC[S@]3=O)nc1. The Kier molecular flexibility index (Phi) is 5.19. The Labute approximate surface area is 155 Å². The lowest BCUT2D eigenvalue weighted by Gasteiger charge is -2.31. The van der Waals surface area contributed by atoms with Crippen LogP contribution in [-0.4, -0.2) is 32.5 Å². The lowest BCUT2D eigenvalue weighted by atomic mass is 9.81. The maximum atomic E-state index is 12.2. The second kappa shape index (κ2) is 7.38. The number of hydrogen-bond acceptors (Lipinski definition) is 5. The highest BCUT2D eigenvalue weighted by Gasteiger charge is 2.31. The molecule has 0 amide bonds. The van der Waals surface area contributed by atoms with Gasteiger partial charge in [0.25, 0.3) is 0 Å². The molecule has 2 aromatic rings. The monoisotopic (exact) mass is 368 g/mol. The second-order valence-corrected chi connectivity index (χ2v) is 8.20. The molecular formula is C20H20N2O3S. The van der Waals surface area contributed by atoms with Crippen LogP contribution in [0.2, 0.25) is 0 Å². The van der Waals surface area contributed by atoms with E-state index in [2.05, 4.69) is 35.7 Å². The number of carbonyl (C=O) groups is 1. The van der Waals surface area contributed by atoms with Crippen LogP contribution in [0.25, 0.3) is 0 Å². The standard InChI is InChI=1S/C20H20N2O3S/c1-4-25-19(23)15-12-21-18(22-13-15)8-6-14-5-7-17-16(11-14)20(2,3)9-10-26(17)24/h5,7,11-13H,4,9-10H2,1-3H3/t26-/m1/s1. The molecule has 1 atom stereocenters. The van der Waals surface area contributed by atoms with Crippen molar-refractivity contribution in [3.05, 3.63) is 53.1 Å². The number of aromatic nitrogens is 2. The van der Waals surface area contributed by atoms with Crippen molar-refractivity contribution in [3.8, 4) is 11.8 Å². The fraction of sp³-hybridized carbons (Fsp3) is 0.350. The lowest BCUT2D eigenvalue weighted by Crippen LogP contribution is -2.27. The second-order valence-electron chi connectivity index (χ2n) is 6.66. The van der Waals surface area contributed by atoms with Crippen molar-refractivity contribution in [2.24, 2.45) is 0 Å². The van der Waals surface area contributed by atoms with Gasteiger partial charge in [-0.2, -0.15) is 0 Å².